The first kappa shape index (κ1) is 20.9. The summed E-state index contributed by atoms with van der Waals surface area (Å²) in [5.74, 6) is 1.20. The topological polar surface area (TPSA) is 43.5 Å². The fourth-order valence-corrected chi connectivity index (χ4v) is 3.09. The van der Waals surface area contributed by atoms with E-state index in [0.717, 1.165) is 22.1 Å². The number of methoxy groups -OCH3 is 1. The van der Waals surface area contributed by atoms with Gasteiger partial charge in [0, 0.05) is 24.0 Å². The molecule has 0 saturated carbocycles. The lowest BCUT2D eigenvalue weighted by molar-refractivity contribution is 0.00578. The Kier molecular flexibility index (Phi) is 6.14. The standard InChI is InChI=1S/C18H26BNO3.C3H8.H2/c1-11(2)12-10-20-13-8-9-14(21-7)16(15(12)13)19-22-17(3,4)18(5,6)23-19;1-3-2;/h8-11,20H,1-7H3;3H2,1-2H3;1H. The van der Waals surface area contributed by atoms with E-state index < -0.39 is 7.12 Å². The van der Waals surface area contributed by atoms with Gasteiger partial charge in [0.1, 0.15) is 5.75 Å². The fourth-order valence-electron chi connectivity index (χ4n) is 3.09. The largest absolute Gasteiger partial charge is 0.499 e. The van der Waals surface area contributed by atoms with Crippen LogP contribution in [0.15, 0.2) is 18.3 Å². The summed E-state index contributed by atoms with van der Waals surface area (Å²) < 4.78 is 18.2. The maximum absolute atomic E-state index is 6.29. The van der Waals surface area contributed by atoms with Gasteiger partial charge in [0.2, 0.25) is 0 Å². The van der Waals surface area contributed by atoms with Crippen LogP contribution in [0.3, 0.4) is 0 Å². The van der Waals surface area contributed by atoms with E-state index in [0.29, 0.717) is 5.92 Å². The van der Waals surface area contributed by atoms with Gasteiger partial charge in [-0.25, -0.2) is 0 Å². The van der Waals surface area contributed by atoms with E-state index in [9.17, 15) is 0 Å². The second-order valence-electron chi connectivity index (χ2n) is 8.30. The van der Waals surface area contributed by atoms with E-state index in [4.69, 9.17) is 14.0 Å². The third kappa shape index (κ3) is 3.65. The van der Waals surface area contributed by atoms with Gasteiger partial charge in [0.25, 0.3) is 0 Å². The van der Waals surface area contributed by atoms with Crippen LogP contribution in [0.1, 0.15) is 74.7 Å². The smallest absolute Gasteiger partial charge is 0.497 e. The number of H-pyrrole nitrogens is 1. The molecule has 0 bridgehead atoms. The van der Waals surface area contributed by atoms with E-state index >= 15 is 0 Å². The summed E-state index contributed by atoms with van der Waals surface area (Å²) in [4.78, 5) is 3.36. The van der Waals surface area contributed by atoms with Gasteiger partial charge in [-0.3, -0.25) is 0 Å². The Morgan fingerprint density at radius 2 is 1.65 bits per heavy atom. The zero-order valence-corrected chi connectivity index (χ0v) is 17.8. The predicted octanol–water partition coefficient (Wildman–Crippen LogP) is 5.26. The van der Waals surface area contributed by atoms with Crippen molar-refractivity contribution in [1.82, 2.24) is 4.98 Å². The van der Waals surface area contributed by atoms with Gasteiger partial charge in [0.05, 0.1) is 18.3 Å². The molecule has 1 saturated heterocycles. The molecule has 1 N–H and O–H groups in total. The molecule has 1 fully saturated rings. The van der Waals surface area contributed by atoms with Crippen LogP contribution in [0.4, 0.5) is 0 Å². The normalized spacial score (nSPS) is 18.2. The number of fused-ring (bicyclic) bond motifs is 1. The Labute approximate surface area is 160 Å². The van der Waals surface area contributed by atoms with Crippen LogP contribution in [-0.2, 0) is 9.31 Å². The zero-order chi connectivity index (χ0) is 19.7. The summed E-state index contributed by atoms with van der Waals surface area (Å²) >= 11 is 0. The SMILES string of the molecule is CCC.COc1ccc2[nH]cc(C(C)C)c2c1B1OC(C)(C)C(C)(C)O1.[HH]. The second-order valence-corrected chi connectivity index (χ2v) is 8.30. The fraction of sp³-hybridized carbons (Fsp3) is 0.619. The number of hydrogen-bond acceptors (Lipinski definition) is 3. The molecular weight excluding hydrogens is 325 g/mol. The molecule has 1 aliphatic rings. The predicted molar refractivity (Wildman–Crippen MR) is 113 cm³/mol. The van der Waals surface area contributed by atoms with Crippen LogP contribution in [0.5, 0.6) is 5.75 Å². The molecule has 0 atom stereocenters. The van der Waals surface area contributed by atoms with E-state index in [1.807, 2.05) is 6.07 Å². The molecule has 0 unspecified atom stereocenters. The molecule has 1 aliphatic heterocycles. The van der Waals surface area contributed by atoms with Gasteiger partial charge in [-0.1, -0.05) is 34.1 Å². The van der Waals surface area contributed by atoms with E-state index in [2.05, 4.69) is 72.6 Å². The van der Waals surface area contributed by atoms with E-state index in [1.54, 1.807) is 7.11 Å². The minimum Gasteiger partial charge on any atom is -0.497 e. The Morgan fingerprint density at radius 3 is 2.12 bits per heavy atom. The highest BCUT2D eigenvalue weighted by molar-refractivity contribution is 6.66. The first-order chi connectivity index (χ1) is 12.1. The van der Waals surface area contributed by atoms with Crippen LogP contribution in [0, 0.1) is 0 Å². The van der Waals surface area contributed by atoms with E-state index in [-0.39, 0.29) is 12.6 Å². The molecule has 2 heterocycles. The van der Waals surface area contributed by atoms with Crippen molar-refractivity contribution in [2.24, 2.45) is 0 Å². The Balaban J connectivity index is 0.000000855. The molecule has 0 spiro atoms. The number of aromatic nitrogens is 1. The molecule has 26 heavy (non-hydrogen) atoms. The van der Waals surface area contributed by atoms with Crippen LogP contribution >= 0.6 is 0 Å². The van der Waals surface area contributed by atoms with Gasteiger partial charge in [-0.15, -0.1) is 0 Å². The average molecular weight is 361 g/mol. The molecule has 2 aromatic rings. The van der Waals surface area contributed by atoms with Gasteiger partial charge < -0.3 is 19.0 Å². The lowest BCUT2D eigenvalue weighted by atomic mass is 9.74. The van der Waals surface area contributed by atoms with Gasteiger partial charge in [-0.05, 0) is 51.3 Å². The van der Waals surface area contributed by atoms with Crippen molar-refractivity contribution in [2.45, 2.75) is 78.9 Å². The van der Waals surface area contributed by atoms with Crippen molar-refractivity contribution in [3.05, 3.63) is 23.9 Å². The summed E-state index contributed by atoms with van der Waals surface area (Å²) in [6.45, 7) is 16.9. The summed E-state index contributed by atoms with van der Waals surface area (Å²) in [7, 11) is 1.25. The van der Waals surface area contributed by atoms with E-state index in [1.165, 1.54) is 12.0 Å². The maximum atomic E-state index is 6.29. The van der Waals surface area contributed by atoms with Crippen LogP contribution in [0.25, 0.3) is 10.9 Å². The van der Waals surface area contributed by atoms with Crippen molar-refractivity contribution in [1.29, 1.82) is 0 Å². The van der Waals surface area contributed by atoms with Crippen LogP contribution in [-0.4, -0.2) is 30.4 Å². The quantitative estimate of drug-likeness (QED) is 0.758. The highest BCUT2D eigenvalue weighted by atomic mass is 16.7. The molecule has 5 heteroatoms. The van der Waals surface area contributed by atoms with Crippen molar-refractivity contribution < 1.29 is 15.5 Å². The number of ether oxygens (including phenoxy) is 1. The van der Waals surface area contributed by atoms with Gasteiger partial charge in [0.15, 0.2) is 0 Å². The highest BCUT2D eigenvalue weighted by Gasteiger charge is 2.53. The third-order valence-electron chi connectivity index (χ3n) is 5.21. The first-order valence-corrected chi connectivity index (χ1v) is 9.63. The number of nitrogens with one attached hydrogen (secondary N) is 1. The minimum absolute atomic E-state index is 0. The first-order valence-electron chi connectivity index (χ1n) is 9.63. The van der Waals surface area contributed by atoms with Crippen molar-refractivity contribution in [3.63, 3.8) is 0 Å². The number of aromatic amines is 1. The molecule has 0 aliphatic carbocycles. The molecule has 146 valence electrons. The molecule has 4 nitrogen and oxygen atoms in total. The summed E-state index contributed by atoms with van der Waals surface area (Å²) in [6.07, 6.45) is 3.32. The van der Waals surface area contributed by atoms with Crippen LogP contribution in [0.2, 0.25) is 0 Å². The third-order valence-corrected chi connectivity index (χ3v) is 5.21. The molecule has 1 aromatic carbocycles. The lowest BCUT2D eigenvalue weighted by Crippen LogP contribution is -2.41. The number of benzene rings is 1. The maximum Gasteiger partial charge on any atom is 0.499 e. The monoisotopic (exact) mass is 361 g/mol. The second kappa shape index (κ2) is 7.65. The summed E-state index contributed by atoms with van der Waals surface area (Å²) in [5, 5.41) is 1.15. The lowest BCUT2D eigenvalue weighted by Gasteiger charge is -2.32. The molecule has 0 amide bonds. The van der Waals surface area contributed by atoms with Crippen LogP contribution < -0.4 is 10.2 Å². The van der Waals surface area contributed by atoms with Crippen molar-refractivity contribution in [2.75, 3.05) is 7.11 Å². The number of rotatable bonds is 3. The Hall–Kier alpha value is -1.46. The average Bonchev–Trinajstić information content (AvgIpc) is 3.05. The van der Waals surface area contributed by atoms with Gasteiger partial charge >= 0.3 is 7.12 Å². The molecular formula is C21H36BNO3. The minimum atomic E-state index is -0.438. The molecule has 3 rings (SSSR count). The molecule has 0 radical (unpaired) electrons. The van der Waals surface area contributed by atoms with Crippen molar-refractivity contribution in [3.8, 4) is 5.75 Å². The zero-order valence-electron chi connectivity index (χ0n) is 17.8. The highest BCUT2D eigenvalue weighted by Crippen LogP contribution is 2.38. The summed E-state index contributed by atoms with van der Waals surface area (Å²) in [6, 6.07) is 4.03. The number of hydrogen-bond donors (Lipinski definition) is 1. The Bertz CT molecular complexity index is 739. The Morgan fingerprint density at radius 1 is 1.12 bits per heavy atom. The molecule has 1 aromatic heterocycles. The van der Waals surface area contributed by atoms with Crippen molar-refractivity contribution >= 4 is 23.5 Å². The summed E-state index contributed by atoms with van der Waals surface area (Å²) in [5.41, 5.74) is 2.56. The van der Waals surface area contributed by atoms with Gasteiger partial charge in [-0.2, -0.15) is 0 Å².